The van der Waals surface area contributed by atoms with Gasteiger partial charge >= 0.3 is 5.69 Å². The zero-order chi connectivity index (χ0) is 14.7. The highest BCUT2D eigenvalue weighted by atomic mass is 16.6. The van der Waals surface area contributed by atoms with Crippen LogP contribution in [0.5, 0.6) is 0 Å². The fourth-order valence-corrected chi connectivity index (χ4v) is 2.04. The molecule has 20 heavy (non-hydrogen) atoms. The topological polar surface area (TPSA) is 103 Å². The zero-order valence-corrected chi connectivity index (χ0v) is 11.4. The lowest BCUT2D eigenvalue weighted by atomic mass is 10.2. The molecule has 1 aliphatic heterocycles. The van der Waals surface area contributed by atoms with Gasteiger partial charge in [0.05, 0.1) is 18.1 Å². The molecule has 9 heteroatoms. The number of carbonyl (C=O) groups is 1. The number of nitrogens with zero attached hydrogens (tertiary/aromatic N) is 4. The smallest absolute Gasteiger partial charge is 0.330 e. The van der Waals surface area contributed by atoms with Gasteiger partial charge in [-0.05, 0) is 6.92 Å². The fourth-order valence-electron chi connectivity index (χ4n) is 2.04. The molecule has 1 fully saturated rings. The molecule has 0 saturated carbocycles. The van der Waals surface area contributed by atoms with Crippen LogP contribution < -0.4 is 5.32 Å². The maximum Gasteiger partial charge on any atom is 0.330 e. The first-order valence-corrected chi connectivity index (χ1v) is 6.30. The van der Waals surface area contributed by atoms with Crippen LogP contribution in [0.2, 0.25) is 0 Å². The molecule has 1 aromatic heterocycles. The molecule has 1 unspecified atom stereocenters. The highest BCUT2D eigenvalue weighted by Gasteiger charge is 2.26. The monoisotopic (exact) mass is 283 g/mol. The van der Waals surface area contributed by atoms with Crippen LogP contribution in [0.3, 0.4) is 0 Å². The zero-order valence-electron chi connectivity index (χ0n) is 11.4. The Bertz CT molecular complexity index is 509. The van der Waals surface area contributed by atoms with E-state index in [0.717, 1.165) is 0 Å². The summed E-state index contributed by atoms with van der Waals surface area (Å²) >= 11 is 0. The fraction of sp³-hybridized carbons (Fsp3) is 0.636. The van der Waals surface area contributed by atoms with Crippen LogP contribution in [0.15, 0.2) is 6.20 Å². The van der Waals surface area contributed by atoms with Crippen molar-refractivity contribution in [2.75, 3.05) is 31.6 Å². The number of rotatable bonds is 4. The number of amides is 1. The molecule has 0 aliphatic carbocycles. The van der Waals surface area contributed by atoms with E-state index in [1.54, 1.807) is 18.9 Å². The summed E-state index contributed by atoms with van der Waals surface area (Å²) in [6.45, 7) is 3.77. The molecule has 1 amide bonds. The van der Waals surface area contributed by atoms with Crippen molar-refractivity contribution in [2.24, 2.45) is 7.05 Å². The lowest BCUT2D eigenvalue weighted by Gasteiger charge is -2.29. The Morgan fingerprint density at radius 2 is 2.20 bits per heavy atom. The van der Waals surface area contributed by atoms with Gasteiger partial charge in [0.1, 0.15) is 12.2 Å². The van der Waals surface area contributed by atoms with Gasteiger partial charge in [-0.25, -0.2) is 0 Å². The first kappa shape index (κ1) is 14.3. The molecule has 1 aromatic rings. The molecular formula is C11H17N5O4. The van der Waals surface area contributed by atoms with Crippen molar-refractivity contribution < 1.29 is 14.5 Å². The van der Waals surface area contributed by atoms with Gasteiger partial charge in [0.25, 0.3) is 0 Å². The van der Waals surface area contributed by atoms with Crippen LogP contribution in [0.4, 0.5) is 11.5 Å². The van der Waals surface area contributed by atoms with E-state index in [2.05, 4.69) is 10.4 Å². The number of hydrogen-bond donors (Lipinski definition) is 1. The Labute approximate surface area is 115 Å². The first-order valence-electron chi connectivity index (χ1n) is 6.30. The summed E-state index contributed by atoms with van der Waals surface area (Å²) in [6, 6.07) is -0.582. The molecule has 9 nitrogen and oxygen atoms in total. The van der Waals surface area contributed by atoms with Crippen molar-refractivity contribution in [1.29, 1.82) is 0 Å². The maximum atomic E-state index is 12.2. The summed E-state index contributed by atoms with van der Waals surface area (Å²) < 4.78 is 6.52. The van der Waals surface area contributed by atoms with Crippen LogP contribution >= 0.6 is 0 Å². The van der Waals surface area contributed by atoms with E-state index in [4.69, 9.17) is 4.74 Å². The molecule has 2 rings (SSSR count). The number of anilines is 1. The Balaban J connectivity index is 2.05. The van der Waals surface area contributed by atoms with Gasteiger partial charge in [-0.1, -0.05) is 0 Å². The van der Waals surface area contributed by atoms with Crippen molar-refractivity contribution in [3.63, 3.8) is 0 Å². The van der Waals surface area contributed by atoms with Gasteiger partial charge in [0.15, 0.2) is 0 Å². The molecule has 1 aliphatic rings. The number of hydrogen-bond acceptors (Lipinski definition) is 6. The van der Waals surface area contributed by atoms with Gasteiger partial charge in [0, 0.05) is 20.1 Å². The van der Waals surface area contributed by atoms with Gasteiger partial charge in [0.2, 0.25) is 11.7 Å². The van der Waals surface area contributed by atoms with E-state index in [-0.39, 0.29) is 17.4 Å². The van der Waals surface area contributed by atoms with Crippen molar-refractivity contribution in [3.05, 3.63) is 16.3 Å². The summed E-state index contributed by atoms with van der Waals surface area (Å²) in [7, 11) is 1.59. The average molecular weight is 283 g/mol. The lowest BCUT2D eigenvalue weighted by molar-refractivity contribution is -0.384. The Morgan fingerprint density at radius 1 is 1.55 bits per heavy atom. The number of nitro groups is 1. The minimum absolute atomic E-state index is 0.103. The molecule has 0 aromatic carbocycles. The molecule has 0 spiro atoms. The molecule has 1 N–H and O–H groups in total. The third-order valence-corrected chi connectivity index (χ3v) is 3.05. The maximum absolute atomic E-state index is 12.2. The van der Waals surface area contributed by atoms with E-state index in [1.807, 2.05) is 0 Å². The quantitative estimate of drug-likeness (QED) is 0.615. The predicted octanol–water partition coefficient (Wildman–Crippen LogP) is -0.0125. The number of aryl methyl sites for hydroxylation is 1. The second-order valence-electron chi connectivity index (χ2n) is 4.60. The molecule has 1 saturated heterocycles. The van der Waals surface area contributed by atoms with Crippen LogP contribution in [0.25, 0.3) is 0 Å². The van der Waals surface area contributed by atoms with Gasteiger partial charge in [-0.2, -0.15) is 0 Å². The van der Waals surface area contributed by atoms with Gasteiger partial charge in [-0.15, -0.1) is 5.10 Å². The van der Waals surface area contributed by atoms with Crippen LogP contribution in [-0.2, 0) is 16.6 Å². The lowest BCUT2D eigenvalue weighted by Crippen LogP contribution is -2.47. The van der Waals surface area contributed by atoms with Crippen LogP contribution in [-0.4, -0.2) is 57.9 Å². The number of morpholine rings is 1. The normalized spacial score (nSPS) is 16.8. The minimum atomic E-state index is -0.582. The molecular weight excluding hydrogens is 266 g/mol. The second kappa shape index (κ2) is 5.87. The van der Waals surface area contributed by atoms with E-state index in [9.17, 15) is 14.9 Å². The first-order chi connectivity index (χ1) is 9.49. The Kier molecular flexibility index (Phi) is 4.18. The Morgan fingerprint density at radius 3 is 2.80 bits per heavy atom. The van der Waals surface area contributed by atoms with Crippen molar-refractivity contribution >= 4 is 17.4 Å². The average Bonchev–Trinajstić information content (AvgIpc) is 2.80. The van der Waals surface area contributed by atoms with E-state index >= 15 is 0 Å². The van der Waals surface area contributed by atoms with E-state index < -0.39 is 11.0 Å². The highest BCUT2D eigenvalue weighted by Crippen LogP contribution is 2.22. The third kappa shape index (κ3) is 3.05. The second-order valence-corrected chi connectivity index (χ2v) is 4.60. The number of carbonyl (C=O) groups excluding carboxylic acids is 1. The number of aromatic nitrogens is 2. The van der Waals surface area contributed by atoms with Crippen LogP contribution in [0, 0.1) is 10.1 Å². The van der Waals surface area contributed by atoms with Crippen molar-refractivity contribution in [1.82, 2.24) is 14.7 Å². The van der Waals surface area contributed by atoms with Crippen molar-refractivity contribution in [3.8, 4) is 0 Å². The molecule has 110 valence electrons. The third-order valence-electron chi connectivity index (χ3n) is 3.05. The van der Waals surface area contributed by atoms with E-state index in [0.29, 0.717) is 26.3 Å². The molecule has 0 bridgehead atoms. The molecule has 1 atom stereocenters. The number of ether oxygens (including phenoxy) is 1. The largest absolute Gasteiger partial charge is 0.378 e. The molecule has 2 heterocycles. The summed E-state index contributed by atoms with van der Waals surface area (Å²) in [5.41, 5.74) is -0.144. The minimum Gasteiger partial charge on any atom is -0.378 e. The number of nitrogens with one attached hydrogen (secondary N) is 1. The highest BCUT2D eigenvalue weighted by molar-refractivity contribution is 5.84. The summed E-state index contributed by atoms with van der Waals surface area (Å²) in [5, 5.41) is 17.7. The SMILES string of the molecule is CC(Nc1nn(C)cc1[N+](=O)[O-])C(=O)N1CCOCC1. The molecule has 0 radical (unpaired) electrons. The van der Waals surface area contributed by atoms with Crippen molar-refractivity contribution in [2.45, 2.75) is 13.0 Å². The summed E-state index contributed by atoms with van der Waals surface area (Å²) in [4.78, 5) is 24.2. The summed E-state index contributed by atoms with van der Waals surface area (Å²) in [5.74, 6) is -0.0140. The van der Waals surface area contributed by atoms with E-state index in [1.165, 1.54) is 10.9 Å². The van der Waals surface area contributed by atoms with Crippen LogP contribution in [0.1, 0.15) is 6.92 Å². The predicted molar refractivity (Wildman–Crippen MR) is 70.3 cm³/mol. The standard InChI is InChI=1S/C11H17N5O4/c1-8(11(17)15-3-5-20-6-4-15)12-10-9(16(18)19)7-14(2)13-10/h7-8H,3-6H2,1-2H3,(H,12,13). The summed E-state index contributed by atoms with van der Waals surface area (Å²) in [6.07, 6.45) is 1.30. The Hall–Kier alpha value is -2.16. The van der Waals surface area contributed by atoms with Gasteiger partial charge < -0.3 is 15.0 Å². The van der Waals surface area contributed by atoms with Gasteiger partial charge in [-0.3, -0.25) is 19.6 Å².